The topological polar surface area (TPSA) is 221 Å². The van der Waals surface area contributed by atoms with Crippen LogP contribution in [-0.4, -0.2) is 69.4 Å². The average Bonchev–Trinajstić information content (AvgIpc) is 1.55. The lowest BCUT2D eigenvalue weighted by Gasteiger charge is -2.32. The van der Waals surface area contributed by atoms with Gasteiger partial charge in [0.2, 0.25) is 11.8 Å². The van der Waals surface area contributed by atoms with Gasteiger partial charge in [0.1, 0.15) is 5.15 Å². The summed E-state index contributed by atoms with van der Waals surface area (Å²) < 4.78 is 51.0. The maximum Gasteiger partial charge on any atom is 0.515 e. The van der Waals surface area contributed by atoms with Crippen molar-refractivity contribution in [3.63, 3.8) is 0 Å². The number of halogens is 6. The molecule has 29 rings (SSSR count). The van der Waals surface area contributed by atoms with E-state index in [-0.39, 0.29) is 5.56 Å². The van der Waals surface area contributed by atoms with Crippen LogP contribution in [0.5, 0.6) is 0 Å². The molecule has 0 spiro atoms. The van der Waals surface area contributed by atoms with Crippen molar-refractivity contribution in [1.29, 1.82) is 0 Å². The lowest BCUT2D eigenvalue weighted by atomic mass is 9.78. The maximum atomic E-state index is 12.7. The Morgan fingerprint density at radius 1 is 0.383 bits per heavy atom. The van der Waals surface area contributed by atoms with Crippen LogP contribution < -0.4 is 28.1 Å². The number of nitrogens with two attached hydrogens (primary N) is 2. The van der Waals surface area contributed by atoms with Crippen molar-refractivity contribution in [2.24, 2.45) is 11.5 Å². The normalized spacial score (nSPS) is 12.9. The summed E-state index contributed by atoms with van der Waals surface area (Å²) in [5, 5.41) is 50.8. The number of nitrogens with zero attached hydrogens (tertiary/aromatic N) is 2. The first-order chi connectivity index (χ1) is 72.6. The van der Waals surface area contributed by atoms with E-state index in [0.29, 0.717) is 21.7 Å². The molecular formula is C122H84B2BrCl4FN5O8PS5. The summed E-state index contributed by atoms with van der Waals surface area (Å²) >= 11 is 32.5. The van der Waals surface area contributed by atoms with E-state index >= 15 is 0 Å². The van der Waals surface area contributed by atoms with E-state index in [2.05, 4.69) is 337 Å². The third kappa shape index (κ3) is 18.3. The number of primary amides is 2. The monoisotopic (exact) mass is 2200 g/mol. The number of thiophene rings is 5. The fourth-order valence-electron chi connectivity index (χ4n) is 20.6. The predicted octanol–water partition coefficient (Wildman–Crippen LogP) is 34.8. The molecule has 0 radical (unpaired) electrons. The summed E-state index contributed by atoms with van der Waals surface area (Å²) in [7, 11) is -2.97. The van der Waals surface area contributed by atoms with Gasteiger partial charge in [-0.1, -0.05) is 327 Å². The molecule has 0 atom stereocenters. The van der Waals surface area contributed by atoms with Crippen LogP contribution in [0.3, 0.4) is 0 Å². The Kier molecular flexibility index (Phi) is 27.1. The molecule has 1 saturated heterocycles. The first-order valence-electron chi connectivity index (χ1n) is 48.2. The number of alkyl halides is 1. The van der Waals surface area contributed by atoms with E-state index in [1.54, 1.807) is 58.3 Å². The van der Waals surface area contributed by atoms with Crippen LogP contribution in [0.4, 0.5) is 4.39 Å². The van der Waals surface area contributed by atoms with Gasteiger partial charge < -0.3 is 35.8 Å². The molecule has 1 aliphatic heterocycles. The molecule has 0 unspecified atom stereocenters. The number of aromatic nitrogens is 3. The molecule has 8 aromatic heterocycles. The Hall–Kier alpha value is -13.7. The molecule has 1 aliphatic rings. The lowest BCUT2D eigenvalue weighted by Crippen LogP contribution is -2.41. The maximum absolute atomic E-state index is 12.7. The van der Waals surface area contributed by atoms with E-state index < -0.39 is 49.6 Å². The number of amides is 2. The van der Waals surface area contributed by atoms with Crippen LogP contribution in [0.25, 0.3) is 231 Å². The Morgan fingerprint density at radius 3 is 1.12 bits per heavy atom. The Bertz CT molecular complexity index is 10500. The number of hydrogen-bond acceptors (Lipinski definition) is 15. The molecule has 7 N–H and O–H groups in total. The standard InChI is InChI=1S/C29H24BNO2S.C23H12ClNS.C23H13NOS.C23H15NOS.C16H11BO2S.C7H6BrNO.CH3F.Cl3OP/c1-28(2)29(3,4)33-30(32-28)27-20-14-8-6-12-18(20)24-25(31-27)19-13-7-5-11-17(19)23-21-15-9-10-16-22(21)34-26(23)24;24-23-16-10-4-2-8-14(16)20-21(25-23)15-9-3-1-7-13(15)19-17-11-5-6-12-18(17)26-22(19)20;25-23-16-10-4-2-8-14(16)20-21(24-23)15-9-3-1-7-13(15)19-17-11-5-6-12-18(17)26-22(19)20;24-23(25)17-10-4-3-9-16(17)19-13-14-7-1-2-8-15(14)21-18-11-5-6-12-20(18)26-22(19)21;18-17(19)13-9-10-5-1-2-6-11(10)15-12-7-3-4-8-14(12)20-16(13)15;8-6-4-2-1-3-5(6)7(9)10;1-2;1-5(2,3)4/h5-16H,1-4H3;1-12H;1-12H,(H,24,25);1-13H,(H2,24,25);1-9,18-19H;1-4H,(H2,9,10);1H3;/i;;;;;;1D;. The number of aromatic amines is 1. The van der Waals surface area contributed by atoms with E-state index in [0.717, 1.165) is 107 Å². The summed E-state index contributed by atoms with van der Waals surface area (Å²) in [4.78, 5) is 48.6. The highest BCUT2D eigenvalue weighted by atomic mass is 79.9. The largest absolute Gasteiger partial charge is 0.515 e. The molecule has 0 aliphatic carbocycles. The van der Waals surface area contributed by atoms with Gasteiger partial charge in [-0.3, -0.25) is 28.3 Å². The van der Waals surface area contributed by atoms with Crippen molar-refractivity contribution in [2.75, 3.05) is 7.15 Å². The Balaban J connectivity index is 0.000000102. The third-order valence-electron chi connectivity index (χ3n) is 27.7. The zero-order valence-corrected chi connectivity index (χ0v) is 89.4. The molecule has 20 aromatic carbocycles. The minimum absolute atomic E-state index is 0.0290. The molecule has 13 nitrogen and oxygen atoms in total. The smallest absolute Gasteiger partial charge is 0.423 e. The van der Waals surface area contributed by atoms with Crippen LogP contribution in [0.1, 0.15) is 49.8 Å². The van der Waals surface area contributed by atoms with E-state index in [1.165, 1.54) is 134 Å². The van der Waals surface area contributed by atoms with Crippen molar-refractivity contribution in [1.82, 2.24) is 15.0 Å². The summed E-state index contributed by atoms with van der Waals surface area (Å²) in [5.74, 6) is -0.810. The van der Waals surface area contributed by atoms with E-state index in [1.807, 2.05) is 120 Å². The van der Waals surface area contributed by atoms with Crippen LogP contribution in [0.15, 0.2) is 385 Å². The second-order valence-electron chi connectivity index (χ2n) is 36.8. The molecule has 9 heterocycles. The molecule has 0 saturated carbocycles. The summed E-state index contributed by atoms with van der Waals surface area (Å²) in [6, 6.07) is 128. The van der Waals surface area contributed by atoms with Crippen molar-refractivity contribution < 1.29 is 39.3 Å². The first-order valence-corrected chi connectivity index (χ1v) is 57.2. The summed E-state index contributed by atoms with van der Waals surface area (Å²) in [6.45, 7) is 8.36. The average molecular weight is 2200 g/mol. The van der Waals surface area contributed by atoms with Gasteiger partial charge in [0.25, 0.3) is 5.56 Å². The molecular weight excluding hydrogens is 2120 g/mol. The van der Waals surface area contributed by atoms with Crippen LogP contribution >= 0.6 is 123 Å². The molecule has 0 bridgehead atoms. The van der Waals surface area contributed by atoms with Gasteiger partial charge in [-0.25, -0.2) is 4.98 Å². The molecule has 149 heavy (non-hydrogen) atoms. The lowest BCUT2D eigenvalue weighted by molar-refractivity contribution is 0.00578. The fraction of sp³-hybridized carbons (Fsp3) is 0.0574. The van der Waals surface area contributed by atoms with Gasteiger partial charge in [0.15, 0.2) is 0 Å². The first kappa shape index (κ1) is 98.6. The van der Waals surface area contributed by atoms with Crippen molar-refractivity contribution >= 4 is 380 Å². The van der Waals surface area contributed by atoms with Crippen molar-refractivity contribution in [2.45, 2.75) is 38.9 Å². The third-order valence-corrected chi connectivity index (χ3v) is 34.7. The minimum Gasteiger partial charge on any atom is -0.423 e. The number of carbonyl (C=O) groups is 2. The number of H-pyrrole nitrogens is 1. The molecule has 728 valence electrons. The fourth-order valence-corrected chi connectivity index (χ4v) is 27.6. The van der Waals surface area contributed by atoms with Gasteiger partial charge in [0, 0.05) is 170 Å². The Labute approximate surface area is 901 Å². The zero-order chi connectivity index (χ0) is 104. The number of hydrogen-bond donors (Lipinski definition) is 5. The quantitative estimate of drug-likeness (QED) is 0.0475. The number of fused-ring (bicyclic) bond motifs is 40. The van der Waals surface area contributed by atoms with Gasteiger partial charge in [0.05, 0.1) is 47.4 Å². The Morgan fingerprint density at radius 2 is 0.685 bits per heavy atom. The van der Waals surface area contributed by atoms with Crippen molar-refractivity contribution in [3.8, 4) is 11.1 Å². The molecule has 1 fully saturated rings. The number of benzene rings is 20. The van der Waals surface area contributed by atoms with Crippen LogP contribution in [0.2, 0.25) is 5.15 Å². The van der Waals surface area contributed by atoms with Gasteiger partial charge in [-0.15, -0.1) is 56.7 Å². The SMILES string of the molecule is CC1(C)OB(c2nc3c4ccccc4c4c5ccccc5sc4c3c3ccccc23)OC1(C)C.Clc1nc2c3ccccc3c3c4ccccc4sc3c2c2ccccc12.NC(=O)c1ccccc1-c1cc2ccccc2c2c1sc1ccccc12.NC(=O)c1ccccc1Br.O=P(Cl)(Cl)Cl.O=c1[nH]c2c3ccccc3c3c4ccccc4sc3c2c2ccccc12.OB(O)c1cc2ccccc2c2c1sc1ccccc12.[2H]CF. The highest BCUT2D eigenvalue weighted by Gasteiger charge is 2.53. The zero-order valence-electron chi connectivity index (χ0n) is 80.8. The van der Waals surface area contributed by atoms with Crippen LogP contribution in [-0.2, 0) is 13.9 Å². The number of nitrogens with one attached hydrogen (secondary N) is 1. The van der Waals surface area contributed by atoms with Gasteiger partial charge in [-0.2, -0.15) is 0 Å². The highest BCUT2D eigenvalue weighted by molar-refractivity contribution is 9.10. The minimum atomic E-state index is -3.22. The summed E-state index contributed by atoms with van der Waals surface area (Å²) in [5.41, 5.74) is 17.2. The molecule has 28 aromatic rings. The number of rotatable bonds is 5. The number of carbonyl (C=O) groups excluding carboxylic acids is 2. The van der Waals surface area contributed by atoms with Gasteiger partial charge in [-0.05, 0) is 197 Å². The van der Waals surface area contributed by atoms with Crippen LogP contribution in [0, 0.1) is 0 Å². The second kappa shape index (κ2) is 41.0. The summed E-state index contributed by atoms with van der Waals surface area (Å²) in [6.07, 6.45) is 0. The van der Waals surface area contributed by atoms with Gasteiger partial charge >= 0.3 is 19.4 Å². The molecule has 2 amide bonds. The number of pyridine rings is 3. The van der Waals surface area contributed by atoms with E-state index in [4.69, 9.17) is 43.7 Å². The second-order valence-corrected chi connectivity index (χ2v) is 49.9. The molecule has 27 heteroatoms. The van der Waals surface area contributed by atoms with Crippen molar-refractivity contribution in [3.05, 3.63) is 407 Å². The van der Waals surface area contributed by atoms with E-state index in [9.17, 15) is 33.4 Å². The predicted molar refractivity (Wildman–Crippen MR) is 645 cm³/mol. The highest BCUT2D eigenvalue weighted by Crippen LogP contribution is 2.61.